The quantitative estimate of drug-likeness (QED) is 0.417. The second kappa shape index (κ2) is 6.92. The van der Waals surface area contributed by atoms with E-state index in [4.69, 9.17) is 22.0 Å². The Morgan fingerprint density at radius 1 is 1.00 bits per heavy atom. The predicted molar refractivity (Wildman–Crippen MR) is 105 cm³/mol. The number of aromatic amines is 1. The van der Waals surface area contributed by atoms with Gasteiger partial charge in [0.1, 0.15) is 0 Å². The number of rotatable bonds is 4. The standard InChI is InChI=1S/C20H20N4O2S/c27-20-22-21-18(14-7-2-1-3-8-14)24(20)16-10-6-9-15(13-16)23-12-5-4-11-17(23)19-25-26-19/h1-3,6-10,13,17,19H,4-5,11-12H2,(H,22,27). The van der Waals surface area contributed by atoms with Gasteiger partial charge in [0.05, 0.1) is 11.7 Å². The zero-order valence-electron chi connectivity index (χ0n) is 14.7. The Hall–Kier alpha value is -2.48. The highest BCUT2D eigenvalue weighted by Gasteiger charge is 2.41. The van der Waals surface area contributed by atoms with Crippen LogP contribution in [0.25, 0.3) is 17.1 Å². The normalized spacial score (nSPS) is 20.0. The maximum atomic E-state index is 5.52. The lowest BCUT2D eigenvalue weighted by molar-refractivity contribution is 0.0850. The molecule has 6 nitrogen and oxygen atoms in total. The van der Waals surface area contributed by atoms with Crippen LogP contribution in [-0.2, 0) is 9.78 Å². The fourth-order valence-electron chi connectivity index (χ4n) is 3.85. The van der Waals surface area contributed by atoms with Crippen LogP contribution in [-0.4, -0.2) is 33.6 Å². The Balaban J connectivity index is 1.55. The first kappa shape index (κ1) is 16.7. The SMILES string of the molecule is S=c1[nH]nc(-c2ccccc2)n1-c1cccc(N2CCCCC2C2OO2)c1. The second-order valence-electron chi connectivity index (χ2n) is 6.89. The molecule has 27 heavy (non-hydrogen) atoms. The van der Waals surface area contributed by atoms with Crippen molar-refractivity contribution < 1.29 is 9.78 Å². The molecule has 3 heterocycles. The molecule has 2 aliphatic heterocycles. The molecule has 1 unspecified atom stereocenters. The maximum Gasteiger partial charge on any atom is 0.244 e. The molecule has 138 valence electrons. The minimum atomic E-state index is -0.107. The van der Waals surface area contributed by atoms with E-state index in [0.717, 1.165) is 35.7 Å². The van der Waals surface area contributed by atoms with Gasteiger partial charge in [-0.3, -0.25) is 9.67 Å². The van der Waals surface area contributed by atoms with Gasteiger partial charge in [0.15, 0.2) is 10.6 Å². The van der Waals surface area contributed by atoms with Crippen molar-refractivity contribution in [3.05, 3.63) is 59.4 Å². The van der Waals surface area contributed by atoms with Crippen LogP contribution in [0.2, 0.25) is 0 Å². The first-order valence-corrected chi connectivity index (χ1v) is 9.64. The Morgan fingerprint density at radius 2 is 1.81 bits per heavy atom. The lowest BCUT2D eigenvalue weighted by atomic mass is 10.0. The number of hydrogen-bond donors (Lipinski definition) is 1. The zero-order valence-corrected chi connectivity index (χ0v) is 15.6. The smallest absolute Gasteiger partial charge is 0.244 e. The number of aromatic nitrogens is 3. The first-order chi connectivity index (χ1) is 13.3. The third-order valence-corrected chi connectivity index (χ3v) is 5.47. The van der Waals surface area contributed by atoms with E-state index in [2.05, 4.69) is 39.4 Å². The van der Waals surface area contributed by atoms with Crippen molar-refractivity contribution in [3.8, 4) is 17.1 Å². The molecule has 0 amide bonds. The molecule has 1 atom stereocenters. The van der Waals surface area contributed by atoms with Crippen molar-refractivity contribution in [2.24, 2.45) is 0 Å². The molecule has 3 aromatic rings. The Morgan fingerprint density at radius 3 is 2.63 bits per heavy atom. The number of anilines is 1. The van der Waals surface area contributed by atoms with Crippen molar-refractivity contribution in [3.63, 3.8) is 0 Å². The Labute approximate surface area is 162 Å². The minimum absolute atomic E-state index is 0.107. The number of piperidine rings is 1. The van der Waals surface area contributed by atoms with E-state index >= 15 is 0 Å². The van der Waals surface area contributed by atoms with Gasteiger partial charge in [0.25, 0.3) is 0 Å². The summed E-state index contributed by atoms with van der Waals surface area (Å²) in [6.07, 6.45) is 3.35. The molecule has 1 N–H and O–H groups in total. The second-order valence-corrected chi connectivity index (χ2v) is 7.28. The summed E-state index contributed by atoms with van der Waals surface area (Å²) in [6.45, 7) is 1.000. The highest BCUT2D eigenvalue weighted by atomic mass is 32.1. The minimum Gasteiger partial charge on any atom is -0.363 e. The molecular weight excluding hydrogens is 360 g/mol. The molecule has 5 rings (SSSR count). The molecule has 2 aromatic carbocycles. The van der Waals surface area contributed by atoms with Crippen LogP contribution >= 0.6 is 12.2 Å². The lowest BCUT2D eigenvalue weighted by Crippen LogP contribution is -2.43. The maximum absolute atomic E-state index is 5.52. The van der Waals surface area contributed by atoms with E-state index in [0.29, 0.717) is 4.77 Å². The van der Waals surface area contributed by atoms with Crippen LogP contribution in [0.3, 0.4) is 0 Å². The van der Waals surface area contributed by atoms with E-state index in [1.807, 2.05) is 34.9 Å². The number of nitrogens with zero attached hydrogens (tertiary/aromatic N) is 3. The molecule has 0 radical (unpaired) electrons. The molecule has 0 saturated carbocycles. The molecule has 7 heteroatoms. The molecule has 0 aliphatic carbocycles. The third kappa shape index (κ3) is 3.18. The van der Waals surface area contributed by atoms with E-state index in [1.165, 1.54) is 12.8 Å². The summed E-state index contributed by atoms with van der Waals surface area (Å²) in [5.74, 6) is 0.807. The summed E-state index contributed by atoms with van der Waals surface area (Å²) in [7, 11) is 0. The topological polar surface area (TPSA) is 61.9 Å². The van der Waals surface area contributed by atoms with Gasteiger partial charge in [-0.25, -0.2) is 0 Å². The Kier molecular flexibility index (Phi) is 4.27. The molecule has 2 fully saturated rings. The number of H-pyrrole nitrogens is 1. The number of benzene rings is 2. The van der Waals surface area contributed by atoms with Crippen LogP contribution in [0, 0.1) is 4.77 Å². The van der Waals surface area contributed by atoms with Gasteiger partial charge < -0.3 is 4.90 Å². The molecule has 2 aliphatic rings. The van der Waals surface area contributed by atoms with Crippen molar-refractivity contribution in [1.82, 2.24) is 14.8 Å². The summed E-state index contributed by atoms with van der Waals surface area (Å²) in [5, 5.41) is 7.38. The average Bonchev–Trinajstić information content (AvgIpc) is 3.50. The van der Waals surface area contributed by atoms with Crippen molar-refractivity contribution in [2.75, 3.05) is 11.4 Å². The van der Waals surface area contributed by atoms with E-state index in [-0.39, 0.29) is 12.3 Å². The number of nitrogens with one attached hydrogen (secondary N) is 1. The van der Waals surface area contributed by atoms with Gasteiger partial charge >= 0.3 is 0 Å². The van der Waals surface area contributed by atoms with Crippen LogP contribution in [0.4, 0.5) is 5.69 Å². The van der Waals surface area contributed by atoms with E-state index < -0.39 is 0 Å². The van der Waals surface area contributed by atoms with Crippen molar-refractivity contribution in [2.45, 2.75) is 31.6 Å². The third-order valence-electron chi connectivity index (χ3n) is 5.19. The van der Waals surface area contributed by atoms with Crippen LogP contribution in [0.5, 0.6) is 0 Å². The lowest BCUT2D eigenvalue weighted by Gasteiger charge is -2.35. The van der Waals surface area contributed by atoms with Crippen LogP contribution in [0.1, 0.15) is 19.3 Å². The molecular formula is C20H20N4O2S. The fraction of sp³-hybridized carbons (Fsp3) is 0.300. The van der Waals surface area contributed by atoms with Gasteiger partial charge in [-0.05, 0) is 49.7 Å². The predicted octanol–water partition coefficient (Wildman–Crippen LogP) is 4.24. The zero-order chi connectivity index (χ0) is 18.2. The van der Waals surface area contributed by atoms with Gasteiger partial charge in [-0.15, -0.1) is 0 Å². The summed E-state index contributed by atoms with van der Waals surface area (Å²) in [5.41, 5.74) is 3.16. The van der Waals surface area contributed by atoms with Gasteiger partial charge in [-0.1, -0.05) is 36.4 Å². The van der Waals surface area contributed by atoms with E-state index in [1.54, 1.807) is 0 Å². The Bertz CT molecular complexity index is 996. The van der Waals surface area contributed by atoms with Crippen molar-refractivity contribution in [1.29, 1.82) is 0 Å². The number of hydrogen-bond acceptors (Lipinski definition) is 5. The summed E-state index contributed by atoms with van der Waals surface area (Å²) in [4.78, 5) is 12.6. The molecule has 2 saturated heterocycles. The highest BCUT2D eigenvalue weighted by Crippen LogP contribution is 2.34. The van der Waals surface area contributed by atoms with E-state index in [9.17, 15) is 0 Å². The molecule has 0 bridgehead atoms. The fourth-order valence-corrected chi connectivity index (χ4v) is 4.09. The van der Waals surface area contributed by atoms with Crippen LogP contribution < -0.4 is 4.90 Å². The largest absolute Gasteiger partial charge is 0.363 e. The summed E-state index contributed by atoms with van der Waals surface area (Å²) >= 11 is 5.52. The highest BCUT2D eigenvalue weighted by molar-refractivity contribution is 7.71. The van der Waals surface area contributed by atoms with Gasteiger partial charge in [0, 0.05) is 17.8 Å². The summed E-state index contributed by atoms with van der Waals surface area (Å²) < 4.78 is 2.56. The van der Waals surface area contributed by atoms with Crippen LogP contribution in [0.15, 0.2) is 54.6 Å². The molecule has 0 spiro atoms. The van der Waals surface area contributed by atoms with Gasteiger partial charge in [-0.2, -0.15) is 14.9 Å². The first-order valence-electron chi connectivity index (χ1n) is 9.23. The monoisotopic (exact) mass is 380 g/mol. The average molecular weight is 380 g/mol. The van der Waals surface area contributed by atoms with Crippen molar-refractivity contribution >= 4 is 17.9 Å². The van der Waals surface area contributed by atoms with Gasteiger partial charge in [0.2, 0.25) is 6.29 Å². The molecule has 1 aromatic heterocycles. The summed E-state index contributed by atoms with van der Waals surface area (Å²) in [6, 6.07) is 18.8.